The summed E-state index contributed by atoms with van der Waals surface area (Å²) >= 11 is 0. The largest absolute Gasteiger partial charge is 0.399 e. The molecule has 1 aromatic heterocycles. The normalized spacial score (nSPS) is 19.9. The average molecular weight is 381 g/mol. The Balaban J connectivity index is 1.72. The Morgan fingerprint density at radius 1 is 1.39 bits per heavy atom. The number of hydrogen-bond donors (Lipinski definition) is 2. The van der Waals surface area contributed by atoms with Crippen LogP contribution in [-0.4, -0.2) is 41.2 Å². The molecule has 0 spiro atoms. The molecule has 1 fully saturated rings. The van der Waals surface area contributed by atoms with Gasteiger partial charge in [0.1, 0.15) is 12.9 Å². The molecule has 8 nitrogen and oxygen atoms in total. The topological polar surface area (TPSA) is 110 Å². The number of nitrogens with zero attached hydrogens (tertiary/aromatic N) is 3. The molecule has 3 rings (SSSR count). The van der Waals surface area contributed by atoms with Crippen LogP contribution in [0.15, 0.2) is 53.8 Å². The van der Waals surface area contributed by atoms with E-state index < -0.39 is 18.0 Å². The number of benzene rings is 1. The molecular weight excluding hydrogens is 358 g/mol. The van der Waals surface area contributed by atoms with Crippen LogP contribution >= 0.6 is 0 Å². The zero-order valence-electron chi connectivity index (χ0n) is 15.8. The molecule has 1 unspecified atom stereocenters. The second kappa shape index (κ2) is 8.51. The Hall–Kier alpha value is -3.42. The van der Waals surface area contributed by atoms with Crippen molar-refractivity contribution in [3.05, 3.63) is 59.8 Å². The zero-order chi connectivity index (χ0) is 20.1. The number of imide groups is 1. The van der Waals surface area contributed by atoms with E-state index in [9.17, 15) is 9.59 Å². The number of pyridine rings is 1. The number of urea groups is 1. The molecule has 0 saturated carbocycles. The van der Waals surface area contributed by atoms with Gasteiger partial charge in [0.25, 0.3) is 0 Å². The number of likely N-dealkylation sites (tertiary alicyclic amines) is 1. The van der Waals surface area contributed by atoms with Gasteiger partial charge in [-0.1, -0.05) is 35.5 Å². The maximum Gasteiger partial charge on any atom is 0.325 e. The zero-order valence-corrected chi connectivity index (χ0v) is 15.8. The number of hydrogen-bond acceptors (Lipinski definition) is 6. The molecule has 0 aliphatic carbocycles. The summed E-state index contributed by atoms with van der Waals surface area (Å²) in [7, 11) is 1.41. The van der Waals surface area contributed by atoms with Crippen LogP contribution < -0.4 is 11.1 Å². The van der Waals surface area contributed by atoms with Crippen molar-refractivity contribution in [1.82, 2.24) is 15.2 Å². The lowest BCUT2D eigenvalue weighted by Crippen LogP contribution is -2.66. The molecule has 0 bridgehead atoms. The van der Waals surface area contributed by atoms with Gasteiger partial charge in [0.2, 0.25) is 5.91 Å². The van der Waals surface area contributed by atoms with Crippen molar-refractivity contribution < 1.29 is 14.4 Å². The van der Waals surface area contributed by atoms with Crippen molar-refractivity contribution in [1.29, 1.82) is 0 Å². The van der Waals surface area contributed by atoms with E-state index in [2.05, 4.69) is 15.5 Å². The van der Waals surface area contributed by atoms with E-state index in [1.54, 1.807) is 18.3 Å². The van der Waals surface area contributed by atoms with Gasteiger partial charge in [0, 0.05) is 6.20 Å². The molecule has 146 valence electrons. The quantitative estimate of drug-likeness (QED) is 0.452. The highest BCUT2D eigenvalue weighted by Gasteiger charge is 2.50. The van der Waals surface area contributed by atoms with Gasteiger partial charge in [-0.05, 0) is 36.6 Å². The van der Waals surface area contributed by atoms with Crippen LogP contribution in [0, 0.1) is 5.92 Å². The lowest BCUT2D eigenvalue weighted by atomic mass is 9.83. The first-order valence-electron chi connectivity index (χ1n) is 8.97. The summed E-state index contributed by atoms with van der Waals surface area (Å²) in [5, 5.41) is 6.63. The molecule has 28 heavy (non-hydrogen) atoms. The number of aromatic nitrogens is 1. The predicted octanol–water partition coefficient (Wildman–Crippen LogP) is 2.14. The van der Waals surface area contributed by atoms with Gasteiger partial charge < -0.3 is 15.9 Å². The molecule has 3 N–H and O–H groups in total. The monoisotopic (exact) mass is 381 g/mol. The highest BCUT2D eigenvalue weighted by Crippen LogP contribution is 2.30. The second-order valence-electron chi connectivity index (χ2n) is 6.62. The lowest BCUT2D eigenvalue weighted by molar-refractivity contribution is -0.145. The molecule has 2 heterocycles. The van der Waals surface area contributed by atoms with Crippen molar-refractivity contribution in [3.8, 4) is 0 Å². The summed E-state index contributed by atoms with van der Waals surface area (Å²) in [5.41, 5.74) is 7.54. The first kappa shape index (κ1) is 19.3. The van der Waals surface area contributed by atoms with Crippen LogP contribution in [0.2, 0.25) is 0 Å². The fraction of sp³-hybridized carbons (Fsp3) is 0.300. The van der Waals surface area contributed by atoms with Crippen LogP contribution in [0.4, 0.5) is 10.6 Å². The van der Waals surface area contributed by atoms with Crippen molar-refractivity contribution >= 4 is 24.0 Å². The number of carbonyl (C=O) groups excluding carboxylic acids is 2. The van der Waals surface area contributed by atoms with Gasteiger partial charge in [0.05, 0.1) is 24.2 Å². The van der Waals surface area contributed by atoms with Crippen LogP contribution in [-0.2, 0) is 16.1 Å². The Bertz CT molecular complexity index is 871. The van der Waals surface area contributed by atoms with Crippen LogP contribution in [0.5, 0.6) is 0 Å². The third kappa shape index (κ3) is 4.11. The number of carbonyl (C=O) groups is 2. The highest BCUT2D eigenvalue weighted by atomic mass is 16.6. The molecule has 3 atom stereocenters. The standard InChI is InChI=1S/C20H23N5O3/c1-13(15-6-4-3-5-7-15)24-20(27)25-17(12-23-28-2)16(19(25)26)10-14-8-9-22-18(21)11-14/h3-9,11-13,16-17H,10H2,1-2H3,(H2,21,22)(H,24,27)/t13-,16?,17-/m1/s1. The average Bonchev–Trinajstić information content (AvgIpc) is 2.69. The van der Waals surface area contributed by atoms with E-state index in [0.29, 0.717) is 12.2 Å². The predicted molar refractivity (Wildman–Crippen MR) is 105 cm³/mol. The molecule has 1 aliphatic rings. The first-order chi connectivity index (χ1) is 13.5. The summed E-state index contributed by atoms with van der Waals surface area (Å²) in [6, 6.07) is 11.9. The van der Waals surface area contributed by atoms with Crippen LogP contribution in [0.1, 0.15) is 24.1 Å². The number of nitrogens with one attached hydrogen (secondary N) is 1. The first-order valence-corrected chi connectivity index (χ1v) is 8.97. The molecule has 3 amide bonds. The van der Waals surface area contributed by atoms with E-state index in [4.69, 9.17) is 10.6 Å². The third-order valence-electron chi connectivity index (χ3n) is 4.74. The van der Waals surface area contributed by atoms with Crippen molar-refractivity contribution in [2.45, 2.75) is 25.4 Å². The maximum atomic E-state index is 12.7. The minimum atomic E-state index is -0.496. The molecular formula is C20H23N5O3. The fourth-order valence-corrected chi connectivity index (χ4v) is 3.26. The van der Waals surface area contributed by atoms with Crippen molar-refractivity contribution in [3.63, 3.8) is 0 Å². The van der Waals surface area contributed by atoms with Crippen LogP contribution in [0.3, 0.4) is 0 Å². The molecule has 1 aliphatic heterocycles. The lowest BCUT2D eigenvalue weighted by Gasteiger charge is -2.43. The van der Waals surface area contributed by atoms with E-state index in [0.717, 1.165) is 11.1 Å². The molecule has 1 saturated heterocycles. The summed E-state index contributed by atoms with van der Waals surface area (Å²) in [5.74, 6) is -0.295. The van der Waals surface area contributed by atoms with E-state index in [1.165, 1.54) is 18.2 Å². The summed E-state index contributed by atoms with van der Waals surface area (Å²) in [6.45, 7) is 1.87. The van der Waals surface area contributed by atoms with Gasteiger partial charge in [-0.25, -0.2) is 9.78 Å². The van der Waals surface area contributed by atoms with Gasteiger partial charge >= 0.3 is 6.03 Å². The SMILES string of the molecule is CON=C[C@@H]1C(Cc2ccnc(N)c2)C(=O)N1C(=O)N[C@H](C)c1ccccc1. The minimum absolute atomic E-state index is 0.236. The van der Waals surface area contributed by atoms with E-state index in [-0.39, 0.29) is 11.9 Å². The van der Waals surface area contributed by atoms with Crippen LogP contribution in [0.25, 0.3) is 0 Å². The number of anilines is 1. The van der Waals surface area contributed by atoms with E-state index >= 15 is 0 Å². The molecule has 1 aromatic carbocycles. The Morgan fingerprint density at radius 2 is 2.14 bits per heavy atom. The van der Waals surface area contributed by atoms with Gasteiger partial charge in [-0.15, -0.1) is 0 Å². The highest BCUT2D eigenvalue weighted by molar-refractivity contribution is 6.06. The number of amides is 3. The fourth-order valence-electron chi connectivity index (χ4n) is 3.26. The number of β-lactam (4-membered cyclic amide) rings is 1. The van der Waals surface area contributed by atoms with Crippen molar-refractivity contribution in [2.75, 3.05) is 12.8 Å². The molecule has 0 radical (unpaired) electrons. The van der Waals surface area contributed by atoms with Gasteiger partial charge in [-0.2, -0.15) is 0 Å². The summed E-state index contributed by atoms with van der Waals surface area (Å²) in [6.07, 6.45) is 3.51. The van der Waals surface area contributed by atoms with E-state index in [1.807, 2.05) is 37.3 Å². The number of rotatable bonds is 6. The Kier molecular flexibility index (Phi) is 5.88. The second-order valence-corrected chi connectivity index (χ2v) is 6.62. The Morgan fingerprint density at radius 3 is 2.82 bits per heavy atom. The van der Waals surface area contributed by atoms with Gasteiger partial charge in [0.15, 0.2) is 0 Å². The third-order valence-corrected chi connectivity index (χ3v) is 4.74. The minimum Gasteiger partial charge on any atom is -0.399 e. The number of nitrogen functional groups attached to an aromatic ring is 1. The number of oxime groups is 1. The molecule has 2 aromatic rings. The summed E-state index contributed by atoms with van der Waals surface area (Å²) in [4.78, 5) is 35.3. The summed E-state index contributed by atoms with van der Waals surface area (Å²) < 4.78 is 0. The molecule has 8 heteroatoms. The Labute approximate surface area is 163 Å². The van der Waals surface area contributed by atoms with Gasteiger partial charge in [-0.3, -0.25) is 9.69 Å². The van der Waals surface area contributed by atoms with Crippen molar-refractivity contribution in [2.24, 2.45) is 11.1 Å². The maximum absolute atomic E-state index is 12.7. The smallest absolute Gasteiger partial charge is 0.325 e. The number of nitrogens with two attached hydrogens (primary N) is 1.